The van der Waals surface area contributed by atoms with Crippen LogP contribution in [0.3, 0.4) is 0 Å². The van der Waals surface area contributed by atoms with Gasteiger partial charge in [-0.15, -0.1) is 0 Å². The summed E-state index contributed by atoms with van der Waals surface area (Å²) >= 11 is 0. The van der Waals surface area contributed by atoms with Gasteiger partial charge in [0.05, 0.1) is 19.9 Å². The van der Waals surface area contributed by atoms with Crippen LogP contribution in [0, 0.1) is 17.1 Å². The second-order valence-electron chi connectivity index (χ2n) is 7.29. The second kappa shape index (κ2) is 8.07. The minimum atomic E-state index is -0.576. The lowest BCUT2D eigenvalue weighted by Gasteiger charge is -2.27. The van der Waals surface area contributed by atoms with Gasteiger partial charge in [0.25, 0.3) is 5.56 Å². The molecule has 0 saturated carbocycles. The standard InChI is InChI=1S/C24H19FN2O4/c1-30-22-7-6-14(11-23(22)31-2)15-9-20-19(21(28)10-15)8-16(13-26)24(29)27(20)18-5-3-4-17(25)12-18/h3-8,11-12,15H,9-10H2,1-2H3. The molecule has 1 aliphatic carbocycles. The predicted molar refractivity (Wildman–Crippen MR) is 112 cm³/mol. The number of rotatable bonds is 4. The molecule has 1 atom stereocenters. The molecule has 0 spiro atoms. The fourth-order valence-electron chi connectivity index (χ4n) is 4.05. The smallest absolute Gasteiger partial charge is 0.273 e. The summed E-state index contributed by atoms with van der Waals surface area (Å²) < 4.78 is 25.8. The Kier molecular flexibility index (Phi) is 5.30. The first-order chi connectivity index (χ1) is 15.0. The maximum atomic E-state index is 13.9. The van der Waals surface area contributed by atoms with Crippen LogP contribution in [0.25, 0.3) is 5.69 Å². The number of carbonyl (C=O) groups excluding carboxylic acids is 1. The molecular weight excluding hydrogens is 399 g/mol. The lowest BCUT2D eigenvalue weighted by molar-refractivity contribution is 0.0962. The molecule has 0 aliphatic heterocycles. The van der Waals surface area contributed by atoms with Crippen molar-refractivity contribution in [2.24, 2.45) is 0 Å². The van der Waals surface area contributed by atoms with Crippen LogP contribution in [-0.2, 0) is 6.42 Å². The van der Waals surface area contributed by atoms with E-state index in [1.807, 2.05) is 18.2 Å². The molecule has 156 valence electrons. The Labute approximate surface area is 178 Å². The summed E-state index contributed by atoms with van der Waals surface area (Å²) in [4.78, 5) is 26.0. The molecule has 0 saturated heterocycles. The lowest BCUT2D eigenvalue weighted by Crippen LogP contribution is -2.31. The Morgan fingerprint density at radius 3 is 2.48 bits per heavy atom. The van der Waals surface area contributed by atoms with Crippen LogP contribution in [-0.4, -0.2) is 24.6 Å². The van der Waals surface area contributed by atoms with Gasteiger partial charge >= 0.3 is 0 Å². The van der Waals surface area contributed by atoms with E-state index in [9.17, 15) is 19.2 Å². The van der Waals surface area contributed by atoms with E-state index in [2.05, 4.69) is 0 Å². The minimum absolute atomic E-state index is 0.152. The molecule has 0 fully saturated rings. The average Bonchev–Trinajstić information content (AvgIpc) is 2.78. The van der Waals surface area contributed by atoms with Crippen molar-refractivity contribution in [3.63, 3.8) is 0 Å². The predicted octanol–water partition coefficient (Wildman–Crippen LogP) is 3.78. The SMILES string of the molecule is COc1ccc(C2CC(=O)c3cc(C#N)c(=O)n(-c4cccc(F)c4)c3C2)cc1OC. The number of methoxy groups -OCH3 is 2. The zero-order valence-corrected chi connectivity index (χ0v) is 17.0. The minimum Gasteiger partial charge on any atom is -0.493 e. The van der Waals surface area contributed by atoms with Crippen LogP contribution in [0.15, 0.2) is 53.3 Å². The third kappa shape index (κ3) is 3.57. The molecule has 2 aromatic carbocycles. The molecule has 3 aromatic rings. The average molecular weight is 418 g/mol. The first kappa shape index (κ1) is 20.4. The Balaban J connectivity index is 1.89. The van der Waals surface area contributed by atoms with Crippen LogP contribution in [0.5, 0.6) is 11.5 Å². The van der Waals surface area contributed by atoms with Crippen LogP contribution in [0.1, 0.15) is 39.5 Å². The summed E-state index contributed by atoms with van der Waals surface area (Å²) in [6, 6.07) is 14.2. The van der Waals surface area contributed by atoms with Crippen molar-refractivity contribution in [2.75, 3.05) is 14.2 Å². The van der Waals surface area contributed by atoms with Gasteiger partial charge < -0.3 is 9.47 Å². The summed E-state index contributed by atoms with van der Waals surface area (Å²) in [5.41, 5.74) is 1.19. The molecule has 6 nitrogen and oxygen atoms in total. The number of Topliss-reactive ketones (excluding diaryl/α,β-unsaturated/α-hetero) is 1. The second-order valence-corrected chi connectivity index (χ2v) is 7.29. The third-order valence-corrected chi connectivity index (χ3v) is 5.54. The zero-order valence-electron chi connectivity index (χ0n) is 17.0. The molecule has 0 N–H and O–H groups in total. The molecule has 0 amide bonds. The van der Waals surface area contributed by atoms with Gasteiger partial charge in [0.1, 0.15) is 17.4 Å². The first-order valence-electron chi connectivity index (χ1n) is 9.67. The van der Waals surface area contributed by atoms with Crippen LogP contribution in [0.2, 0.25) is 0 Å². The summed E-state index contributed by atoms with van der Waals surface area (Å²) in [5, 5.41) is 9.39. The zero-order chi connectivity index (χ0) is 22.1. The molecule has 0 bridgehead atoms. The lowest BCUT2D eigenvalue weighted by atomic mass is 9.81. The normalized spacial score (nSPS) is 15.2. The molecule has 1 heterocycles. The van der Waals surface area contributed by atoms with E-state index in [1.165, 1.54) is 35.9 Å². The fraction of sp³-hybridized carbons (Fsp3) is 0.208. The molecular formula is C24H19FN2O4. The third-order valence-electron chi connectivity index (χ3n) is 5.54. The number of ketones is 1. The van der Waals surface area contributed by atoms with Gasteiger partial charge in [-0.1, -0.05) is 12.1 Å². The van der Waals surface area contributed by atoms with E-state index in [4.69, 9.17) is 9.47 Å². The number of nitrogens with zero attached hydrogens (tertiary/aromatic N) is 2. The monoisotopic (exact) mass is 418 g/mol. The van der Waals surface area contributed by atoms with Crippen LogP contribution in [0.4, 0.5) is 4.39 Å². The highest BCUT2D eigenvalue weighted by Crippen LogP contribution is 2.37. The van der Waals surface area contributed by atoms with Gasteiger partial charge in [-0.25, -0.2) is 4.39 Å². The Morgan fingerprint density at radius 1 is 1.03 bits per heavy atom. The number of carbonyl (C=O) groups is 1. The molecule has 1 aliphatic rings. The number of aromatic nitrogens is 1. The summed E-state index contributed by atoms with van der Waals surface area (Å²) in [6.45, 7) is 0. The first-order valence-corrected chi connectivity index (χ1v) is 9.67. The van der Waals surface area contributed by atoms with Gasteiger partial charge in [0.2, 0.25) is 0 Å². The van der Waals surface area contributed by atoms with Crippen LogP contribution < -0.4 is 15.0 Å². The van der Waals surface area contributed by atoms with Crippen molar-refractivity contribution in [1.29, 1.82) is 5.26 Å². The highest BCUT2D eigenvalue weighted by Gasteiger charge is 2.31. The topological polar surface area (TPSA) is 81.3 Å². The van der Waals surface area contributed by atoms with E-state index < -0.39 is 11.4 Å². The number of nitriles is 1. The van der Waals surface area contributed by atoms with E-state index >= 15 is 0 Å². The summed E-state index contributed by atoms with van der Waals surface area (Å²) in [5.74, 6) is 0.207. The highest BCUT2D eigenvalue weighted by molar-refractivity contribution is 5.99. The molecule has 4 rings (SSSR count). The number of benzene rings is 2. The van der Waals surface area contributed by atoms with Gasteiger partial charge in [0.15, 0.2) is 17.3 Å². The van der Waals surface area contributed by atoms with Crippen molar-refractivity contribution >= 4 is 5.78 Å². The molecule has 1 aromatic heterocycles. The van der Waals surface area contributed by atoms with Crippen molar-refractivity contribution < 1.29 is 18.7 Å². The molecule has 1 unspecified atom stereocenters. The van der Waals surface area contributed by atoms with Gasteiger partial charge in [-0.05, 0) is 54.3 Å². The largest absolute Gasteiger partial charge is 0.493 e. The number of fused-ring (bicyclic) bond motifs is 1. The Hall–Kier alpha value is -3.92. The van der Waals surface area contributed by atoms with Crippen LogP contribution >= 0.6 is 0 Å². The van der Waals surface area contributed by atoms with Crippen molar-refractivity contribution in [3.8, 4) is 23.3 Å². The summed E-state index contributed by atoms with van der Waals surface area (Å²) in [6.07, 6.45) is 0.586. The van der Waals surface area contributed by atoms with Gasteiger partial charge in [0, 0.05) is 17.7 Å². The molecule has 7 heteroatoms. The van der Waals surface area contributed by atoms with E-state index in [0.29, 0.717) is 29.2 Å². The number of pyridine rings is 1. The van der Waals surface area contributed by atoms with E-state index in [-0.39, 0.29) is 29.4 Å². The number of hydrogen-bond donors (Lipinski definition) is 0. The fourth-order valence-corrected chi connectivity index (χ4v) is 4.05. The van der Waals surface area contributed by atoms with Gasteiger partial charge in [-0.3, -0.25) is 14.2 Å². The number of hydrogen-bond acceptors (Lipinski definition) is 5. The Bertz CT molecular complexity index is 1290. The van der Waals surface area contributed by atoms with Crippen molar-refractivity contribution in [1.82, 2.24) is 4.57 Å². The van der Waals surface area contributed by atoms with Gasteiger partial charge in [-0.2, -0.15) is 5.26 Å². The molecule has 31 heavy (non-hydrogen) atoms. The van der Waals surface area contributed by atoms with Crippen molar-refractivity contribution in [2.45, 2.75) is 18.8 Å². The van der Waals surface area contributed by atoms with E-state index in [1.54, 1.807) is 19.2 Å². The molecule has 0 radical (unpaired) electrons. The number of halogens is 1. The van der Waals surface area contributed by atoms with Crippen molar-refractivity contribution in [3.05, 3.63) is 87.1 Å². The van der Waals surface area contributed by atoms with E-state index in [0.717, 1.165) is 5.56 Å². The maximum Gasteiger partial charge on any atom is 0.273 e. The summed E-state index contributed by atoms with van der Waals surface area (Å²) in [7, 11) is 3.08. The highest BCUT2D eigenvalue weighted by atomic mass is 19.1. The Morgan fingerprint density at radius 2 is 1.81 bits per heavy atom. The number of ether oxygens (including phenoxy) is 2. The maximum absolute atomic E-state index is 13.9. The quantitative estimate of drug-likeness (QED) is 0.644.